The van der Waals surface area contributed by atoms with Gasteiger partial charge in [-0.3, -0.25) is 0 Å². The van der Waals surface area contributed by atoms with Crippen LogP contribution in [0.2, 0.25) is 0 Å². The Morgan fingerprint density at radius 3 is 2.71 bits per heavy atom. The van der Waals surface area contributed by atoms with E-state index in [9.17, 15) is 4.39 Å². The summed E-state index contributed by atoms with van der Waals surface area (Å²) < 4.78 is 18.5. The summed E-state index contributed by atoms with van der Waals surface area (Å²) in [6, 6.07) is 5.09. The van der Waals surface area contributed by atoms with Gasteiger partial charge in [0, 0.05) is 6.04 Å². The lowest BCUT2D eigenvalue weighted by molar-refractivity contribution is 0.101. The minimum Gasteiger partial charge on any atom is -0.490 e. The van der Waals surface area contributed by atoms with E-state index in [1.807, 2.05) is 0 Å². The van der Waals surface area contributed by atoms with Gasteiger partial charge in [-0.05, 0) is 43.5 Å². The predicted octanol–water partition coefficient (Wildman–Crippen LogP) is 2.00. The molecule has 1 aliphatic rings. The van der Waals surface area contributed by atoms with E-state index >= 15 is 0 Å². The van der Waals surface area contributed by atoms with Crippen molar-refractivity contribution in [3.8, 4) is 5.75 Å². The highest BCUT2D eigenvalue weighted by atomic mass is 19.1. The minimum absolute atomic E-state index is 0.192. The van der Waals surface area contributed by atoms with E-state index in [-0.39, 0.29) is 18.0 Å². The molecule has 76 valence electrons. The zero-order valence-corrected chi connectivity index (χ0v) is 8.16. The van der Waals surface area contributed by atoms with Gasteiger partial charge in [0.15, 0.2) is 0 Å². The smallest absolute Gasteiger partial charge is 0.126 e. The maximum Gasteiger partial charge on any atom is 0.126 e. The Morgan fingerprint density at radius 1 is 1.43 bits per heavy atom. The highest BCUT2D eigenvalue weighted by Crippen LogP contribution is 2.25. The van der Waals surface area contributed by atoms with Gasteiger partial charge in [-0.1, -0.05) is 0 Å². The molecule has 0 aliphatic heterocycles. The summed E-state index contributed by atoms with van der Waals surface area (Å²) in [6.07, 6.45) is 2.02. The molecule has 0 bridgehead atoms. The number of rotatable bonds is 2. The van der Waals surface area contributed by atoms with Crippen molar-refractivity contribution >= 4 is 0 Å². The molecule has 3 heteroatoms. The van der Waals surface area contributed by atoms with Gasteiger partial charge in [-0.2, -0.15) is 0 Å². The van der Waals surface area contributed by atoms with Crippen molar-refractivity contribution < 1.29 is 9.13 Å². The Labute approximate surface area is 82.9 Å². The summed E-state index contributed by atoms with van der Waals surface area (Å²) in [4.78, 5) is 0. The number of ether oxygens (including phenoxy) is 1. The van der Waals surface area contributed by atoms with Gasteiger partial charge in [0.2, 0.25) is 0 Å². The first kappa shape index (κ1) is 9.46. The molecule has 1 aromatic rings. The van der Waals surface area contributed by atoms with Gasteiger partial charge in [-0.25, -0.2) is 4.39 Å². The molecule has 1 saturated carbocycles. The van der Waals surface area contributed by atoms with Crippen molar-refractivity contribution in [3.63, 3.8) is 0 Å². The van der Waals surface area contributed by atoms with Gasteiger partial charge < -0.3 is 10.5 Å². The van der Waals surface area contributed by atoms with Crippen molar-refractivity contribution in [2.45, 2.75) is 31.9 Å². The molecule has 0 atom stereocenters. The number of benzene rings is 1. The van der Waals surface area contributed by atoms with Crippen LogP contribution in [-0.2, 0) is 0 Å². The van der Waals surface area contributed by atoms with Gasteiger partial charge in [0.1, 0.15) is 17.7 Å². The lowest BCUT2D eigenvalue weighted by Crippen LogP contribution is -2.43. The van der Waals surface area contributed by atoms with Crippen LogP contribution in [0.25, 0.3) is 0 Å². The number of halogens is 1. The molecule has 1 aromatic carbocycles. The van der Waals surface area contributed by atoms with Crippen LogP contribution < -0.4 is 10.5 Å². The van der Waals surface area contributed by atoms with Crippen LogP contribution in [-0.4, -0.2) is 12.1 Å². The molecule has 2 rings (SSSR count). The molecule has 1 aliphatic carbocycles. The summed E-state index contributed by atoms with van der Waals surface area (Å²) in [5.41, 5.74) is 6.25. The molecule has 0 saturated heterocycles. The minimum atomic E-state index is -0.192. The van der Waals surface area contributed by atoms with Crippen LogP contribution in [0.5, 0.6) is 5.75 Å². The predicted molar refractivity (Wildman–Crippen MR) is 52.8 cm³/mol. The maximum atomic E-state index is 12.9. The zero-order valence-electron chi connectivity index (χ0n) is 8.16. The van der Waals surface area contributed by atoms with Crippen molar-refractivity contribution in [2.24, 2.45) is 5.73 Å². The molecular formula is C11H14FNO. The van der Waals surface area contributed by atoms with E-state index in [1.54, 1.807) is 19.1 Å². The normalized spacial score (nSPS) is 25.6. The molecule has 2 nitrogen and oxygen atoms in total. The van der Waals surface area contributed by atoms with Crippen LogP contribution in [0.15, 0.2) is 18.2 Å². The van der Waals surface area contributed by atoms with E-state index in [2.05, 4.69) is 0 Å². The average Bonchev–Trinajstić information content (AvgIpc) is 2.09. The standard InChI is InChI=1S/C11H14FNO/c1-7-4-9(2-3-11(7)12)14-10-5-8(13)6-10/h2-4,8,10H,5-6,13H2,1H3. The molecule has 0 aromatic heterocycles. The molecular weight excluding hydrogens is 181 g/mol. The van der Waals surface area contributed by atoms with E-state index in [4.69, 9.17) is 10.5 Å². The fraction of sp³-hybridized carbons (Fsp3) is 0.455. The number of nitrogens with two attached hydrogens (primary N) is 1. The Bertz CT molecular complexity index is 334. The summed E-state index contributed by atoms with van der Waals surface area (Å²) in [6.45, 7) is 1.73. The van der Waals surface area contributed by atoms with Gasteiger partial charge in [0.05, 0.1) is 0 Å². The third-order valence-electron chi connectivity index (χ3n) is 2.56. The molecule has 1 fully saturated rings. The summed E-state index contributed by atoms with van der Waals surface area (Å²) >= 11 is 0. The highest BCUT2D eigenvalue weighted by molar-refractivity contribution is 5.29. The van der Waals surface area contributed by atoms with Crippen LogP contribution in [0, 0.1) is 12.7 Å². The first-order valence-corrected chi connectivity index (χ1v) is 4.83. The molecule has 0 heterocycles. The van der Waals surface area contributed by atoms with Crippen LogP contribution in [0.4, 0.5) is 4.39 Å². The Hall–Kier alpha value is -1.09. The molecule has 2 N–H and O–H groups in total. The molecule has 0 spiro atoms. The molecule has 0 amide bonds. The molecule has 0 radical (unpaired) electrons. The summed E-state index contributed by atoms with van der Waals surface area (Å²) in [5.74, 6) is 0.545. The average molecular weight is 195 g/mol. The quantitative estimate of drug-likeness (QED) is 0.783. The van der Waals surface area contributed by atoms with E-state index < -0.39 is 0 Å². The van der Waals surface area contributed by atoms with Crippen molar-refractivity contribution in [3.05, 3.63) is 29.6 Å². The maximum absolute atomic E-state index is 12.9. The lowest BCUT2D eigenvalue weighted by atomic mass is 9.90. The van der Waals surface area contributed by atoms with E-state index in [0.717, 1.165) is 18.6 Å². The van der Waals surface area contributed by atoms with E-state index in [1.165, 1.54) is 6.07 Å². The number of aryl methyl sites for hydroxylation is 1. The SMILES string of the molecule is Cc1cc(OC2CC(N)C2)ccc1F. The second kappa shape index (κ2) is 3.58. The first-order valence-electron chi connectivity index (χ1n) is 4.83. The largest absolute Gasteiger partial charge is 0.490 e. The number of hydrogen-bond donors (Lipinski definition) is 1. The van der Waals surface area contributed by atoms with E-state index in [0.29, 0.717) is 5.56 Å². The second-order valence-electron chi connectivity index (χ2n) is 3.88. The first-order chi connectivity index (χ1) is 6.65. The Morgan fingerprint density at radius 2 is 2.14 bits per heavy atom. The molecule has 0 unspecified atom stereocenters. The van der Waals surface area contributed by atoms with Crippen molar-refractivity contribution in [1.29, 1.82) is 0 Å². The topological polar surface area (TPSA) is 35.2 Å². The lowest BCUT2D eigenvalue weighted by Gasteiger charge is -2.32. The zero-order chi connectivity index (χ0) is 10.1. The summed E-state index contributed by atoms with van der Waals surface area (Å²) in [7, 11) is 0. The second-order valence-corrected chi connectivity index (χ2v) is 3.88. The fourth-order valence-corrected chi connectivity index (χ4v) is 1.59. The van der Waals surface area contributed by atoms with Crippen molar-refractivity contribution in [1.82, 2.24) is 0 Å². The summed E-state index contributed by atoms with van der Waals surface area (Å²) in [5, 5.41) is 0. The Kier molecular flexibility index (Phi) is 2.42. The van der Waals surface area contributed by atoms with Gasteiger partial charge >= 0.3 is 0 Å². The third kappa shape index (κ3) is 1.87. The van der Waals surface area contributed by atoms with Gasteiger partial charge in [0.25, 0.3) is 0 Å². The van der Waals surface area contributed by atoms with Gasteiger partial charge in [-0.15, -0.1) is 0 Å². The fourth-order valence-electron chi connectivity index (χ4n) is 1.59. The van der Waals surface area contributed by atoms with Crippen LogP contribution >= 0.6 is 0 Å². The van der Waals surface area contributed by atoms with Crippen LogP contribution in [0.1, 0.15) is 18.4 Å². The Balaban J connectivity index is 2.00. The monoisotopic (exact) mass is 195 g/mol. The van der Waals surface area contributed by atoms with Crippen molar-refractivity contribution in [2.75, 3.05) is 0 Å². The highest BCUT2D eigenvalue weighted by Gasteiger charge is 2.27. The number of hydrogen-bond acceptors (Lipinski definition) is 2. The third-order valence-corrected chi connectivity index (χ3v) is 2.56. The molecule has 14 heavy (non-hydrogen) atoms. The van der Waals surface area contributed by atoms with Crippen LogP contribution in [0.3, 0.4) is 0 Å².